The maximum atomic E-state index is 12.2. The third-order valence-corrected chi connectivity index (χ3v) is 4.29. The van der Waals surface area contributed by atoms with Crippen molar-refractivity contribution in [3.05, 3.63) is 67.3 Å². The average molecular weight is 363 g/mol. The van der Waals surface area contributed by atoms with Gasteiger partial charge >= 0.3 is 0 Å². The van der Waals surface area contributed by atoms with Crippen molar-refractivity contribution in [3.63, 3.8) is 0 Å². The van der Waals surface area contributed by atoms with Gasteiger partial charge in [-0.1, -0.05) is 28.1 Å². The molecule has 3 rings (SSSR count). The number of aromatic nitrogens is 2. The molecular weight excluding hydrogens is 352 g/mol. The molecule has 4 nitrogen and oxygen atoms in total. The Kier molecular flexibility index (Phi) is 3.90. The van der Waals surface area contributed by atoms with Gasteiger partial charge in [0.25, 0.3) is 5.56 Å². The topological polar surface area (TPSA) is 66.0 Å². The quantitative estimate of drug-likeness (QED) is 0.748. The van der Waals surface area contributed by atoms with E-state index in [0.29, 0.717) is 17.8 Å². The highest BCUT2D eigenvalue weighted by atomic mass is 79.9. The van der Waals surface area contributed by atoms with Crippen LogP contribution < -0.4 is 5.56 Å². The highest BCUT2D eigenvalue weighted by Gasteiger charge is 2.13. The summed E-state index contributed by atoms with van der Waals surface area (Å²) in [7, 11) is 0. The zero-order valence-corrected chi connectivity index (χ0v) is 13.2. The Morgan fingerprint density at radius 1 is 1.24 bits per heavy atom. The highest BCUT2D eigenvalue weighted by molar-refractivity contribution is 9.10. The fourth-order valence-corrected chi connectivity index (χ4v) is 2.99. The molecule has 0 radical (unpaired) electrons. The number of thiophene rings is 1. The van der Waals surface area contributed by atoms with Gasteiger partial charge in [0.05, 0.1) is 0 Å². The van der Waals surface area contributed by atoms with Crippen LogP contribution in [0.3, 0.4) is 0 Å². The van der Waals surface area contributed by atoms with Gasteiger partial charge in [0.2, 0.25) is 5.88 Å². The van der Waals surface area contributed by atoms with E-state index in [1.165, 1.54) is 0 Å². The highest BCUT2D eigenvalue weighted by Crippen LogP contribution is 2.25. The van der Waals surface area contributed by atoms with E-state index in [2.05, 4.69) is 25.9 Å². The predicted octanol–water partition coefficient (Wildman–Crippen LogP) is 3.56. The predicted molar refractivity (Wildman–Crippen MR) is 86.8 cm³/mol. The van der Waals surface area contributed by atoms with Crippen molar-refractivity contribution in [2.45, 2.75) is 6.42 Å². The molecule has 0 fully saturated rings. The van der Waals surface area contributed by atoms with Gasteiger partial charge in [-0.15, -0.1) is 0 Å². The van der Waals surface area contributed by atoms with Gasteiger partial charge in [0.15, 0.2) is 0 Å². The summed E-state index contributed by atoms with van der Waals surface area (Å²) < 4.78 is 0.907. The number of rotatable bonds is 3. The van der Waals surface area contributed by atoms with Gasteiger partial charge < -0.3 is 10.1 Å². The average Bonchev–Trinajstić information content (AvgIpc) is 2.93. The normalized spacial score (nSPS) is 10.7. The molecule has 2 aromatic heterocycles. The Bertz CT molecular complexity index is 811. The van der Waals surface area contributed by atoms with E-state index < -0.39 is 0 Å². The lowest BCUT2D eigenvalue weighted by Gasteiger charge is -2.06. The lowest BCUT2D eigenvalue weighted by Crippen LogP contribution is -2.14. The second-order valence-corrected chi connectivity index (χ2v) is 6.22. The van der Waals surface area contributed by atoms with Gasteiger partial charge in [-0.25, -0.2) is 0 Å². The molecule has 0 saturated heterocycles. The van der Waals surface area contributed by atoms with E-state index in [-0.39, 0.29) is 17.0 Å². The van der Waals surface area contributed by atoms with E-state index >= 15 is 0 Å². The first kappa shape index (κ1) is 14.0. The fourth-order valence-electron chi connectivity index (χ4n) is 2.05. The van der Waals surface area contributed by atoms with Crippen molar-refractivity contribution in [2.75, 3.05) is 0 Å². The van der Waals surface area contributed by atoms with E-state index in [9.17, 15) is 9.90 Å². The summed E-state index contributed by atoms with van der Waals surface area (Å²) in [5.74, 6) is 0.211. The standard InChI is InChI=1S/C15H11BrN2O2S/c16-11-3-1-10(2-4-11)13-14(19)17-12(18-15(13)20)7-9-5-6-21-8-9/h1-6,8H,7H2,(H2,17,18,19,20). The zero-order chi connectivity index (χ0) is 14.8. The molecule has 1 aromatic carbocycles. The second kappa shape index (κ2) is 5.83. The number of nitrogens with one attached hydrogen (secondary N) is 1. The van der Waals surface area contributed by atoms with E-state index in [0.717, 1.165) is 10.0 Å². The molecule has 0 unspecified atom stereocenters. The zero-order valence-electron chi connectivity index (χ0n) is 10.8. The van der Waals surface area contributed by atoms with Crippen LogP contribution in [0.15, 0.2) is 50.4 Å². The van der Waals surface area contributed by atoms with Crippen molar-refractivity contribution in [1.82, 2.24) is 9.97 Å². The summed E-state index contributed by atoms with van der Waals surface area (Å²) in [5.41, 5.74) is 1.54. The third kappa shape index (κ3) is 3.06. The van der Waals surface area contributed by atoms with Crippen molar-refractivity contribution in [3.8, 4) is 17.0 Å². The minimum Gasteiger partial charge on any atom is -0.493 e. The smallest absolute Gasteiger partial charge is 0.262 e. The van der Waals surface area contributed by atoms with Gasteiger partial charge in [-0.3, -0.25) is 4.79 Å². The number of hydrogen-bond donors (Lipinski definition) is 2. The molecule has 2 heterocycles. The van der Waals surface area contributed by atoms with Crippen molar-refractivity contribution >= 4 is 27.3 Å². The first-order valence-corrected chi connectivity index (χ1v) is 7.96. The van der Waals surface area contributed by atoms with Crippen LogP contribution in [-0.4, -0.2) is 15.1 Å². The van der Waals surface area contributed by atoms with Crippen LogP contribution in [0.4, 0.5) is 0 Å². The van der Waals surface area contributed by atoms with Crippen molar-refractivity contribution < 1.29 is 5.11 Å². The summed E-state index contributed by atoms with van der Waals surface area (Å²) in [4.78, 5) is 19.0. The minimum absolute atomic E-state index is 0.191. The maximum absolute atomic E-state index is 12.2. The molecular formula is C15H11BrN2O2S. The van der Waals surface area contributed by atoms with E-state index in [4.69, 9.17) is 0 Å². The number of hydrogen-bond acceptors (Lipinski definition) is 4. The number of H-pyrrole nitrogens is 1. The van der Waals surface area contributed by atoms with Crippen LogP contribution in [0.1, 0.15) is 11.4 Å². The number of halogens is 1. The van der Waals surface area contributed by atoms with Crippen LogP contribution >= 0.6 is 27.3 Å². The SMILES string of the molecule is O=c1[nH]c(Cc2ccsc2)nc(O)c1-c1ccc(Br)cc1. The molecule has 0 amide bonds. The van der Waals surface area contributed by atoms with Crippen LogP contribution in [0.25, 0.3) is 11.1 Å². The first-order chi connectivity index (χ1) is 10.1. The monoisotopic (exact) mass is 362 g/mol. The van der Waals surface area contributed by atoms with Crippen LogP contribution in [-0.2, 0) is 6.42 Å². The second-order valence-electron chi connectivity index (χ2n) is 4.53. The Labute approximate surface area is 133 Å². The molecule has 0 saturated carbocycles. The molecule has 0 aliphatic rings. The molecule has 6 heteroatoms. The first-order valence-electron chi connectivity index (χ1n) is 6.22. The number of aromatic hydroxyl groups is 1. The lowest BCUT2D eigenvalue weighted by atomic mass is 10.1. The molecule has 0 aliphatic carbocycles. The Balaban J connectivity index is 2.00. The van der Waals surface area contributed by atoms with Gasteiger partial charge in [0, 0.05) is 10.9 Å². The number of nitrogens with zero attached hydrogens (tertiary/aromatic N) is 1. The molecule has 0 bridgehead atoms. The van der Waals surface area contributed by atoms with Gasteiger partial charge in [-0.05, 0) is 40.1 Å². The van der Waals surface area contributed by atoms with E-state index in [1.54, 1.807) is 23.5 Å². The van der Waals surface area contributed by atoms with Crippen molar-refractivity contribution in [2.24, 2.45) is 0 Å². The summed E-state index contributed by atoms with van der Waals surface area (Å²) in [6.07, 6.45) is 0.493. The fraction of sp³-hybridized carbons (Fsp3) is 0.0667. The summed E-state index contributed by atoms with van der Waals surface area (Å²) in [5, 5.41) is 14.0. The third-order valence-electron chi connectivity index (χ3n) is 3.03. The van der Waals surface area contributed by atoms with Crippen molar-refractivity contribution in [1.29, 1.82) is 0 Å². The molecule has 21 heavy (non-hydrogen) atoms. The summed E-state index contributed by atoms with van der Waals surface area (Å²) in [6, 6.07) is 9.11. The van der Waals surface area contributed by atoms with Crippen LogP contribution in [0, 0.1) is 0 Å². The largest absolute Gasteiger partial charge is 0.493 e. The summed E-state index contributed by atoms with van der Waals surface area (Å²) >= 11 is 4.92. The Hall–Kier alpha value is -1.92. The Morgan fingerprint density at radius 2 is 2.00 bits per heavy atom. The maximum Gasteiger partial charge on any atom is 0.262 e. The molecule has 0 spiro atoms. The molecule has 0 atom stereocenters. The Morgan fingerprint density at radius 3 is 2.62 bits per heavy atom. The lowest BCUT2D eigenvalue weighted by molar-refractivity contribution is 0.450. The molecule has 2 N–H and O–H groups in total. The molecule has 0 aliphatic heterocycles. The number of aromatic amines is 1. The molecule has 106 valence electrons. The summed E-state index contributed by atoms with van der Waals surface area (Å²) in [6.45, 7) is 0. The van der Waals surface area contributed by atoms with Gasteiger partial charge in [0.1, 0.15) is 11.4 Å². The van der Waals surface area contributed by atoms with Gasteiger partial charge in [-0.2, -0.15) is 16.3 Å². The molecule has 3 aromatic rings. The van der Waals surface area contributed by atoms with Crippen LogP contribution in [0.5, 0.6) is 5.88 Å². The number of benzene rings is 1. The van der Waals surface area contributed by atoms with Crippen LogP contribution in [0.2, 0.25) is 0 Å². The van der Waals surface area contributed by atoms with E-state index in [1.807, 2.05) is 29.0 Å². The minimum atomic E-state index is -0.338.